The Morgan fingerprint density at radius 3 is 2.36 bits per heavy atom. The highest BCUT2D eigenvalue weighted by Gasteiger charge is 2.33. The molecule has 8 nitrogen and oxygen atoms in total. The van der Waals surface area contributed by atoms with Gasteiger partial charge in [0.2, 0.25) is 0 Å². The number of hydrogen-bond acceptors (Lipinski definition) is 6. The molecule has 8 heteroatoms. The quantitative estimate of drug-likeness (QED) is 0.450. The molecule has 1 aromatic rings. The predicted octanol–water partition coefficient (Wildman–Crippen LogP) is 2.81. The van der Waals surface area contributed by atoms with Crippen molar-refractivity contribution in [2.75, 3.05) is 13.1 Å². The Bertz CT molecular complexity index is 675. The van der Waals surface area contributed by atoms with E-state index in [2.05, 4.69) is 6.92 Å². The minimum absolute atomic E-state index is 0.0198. The molecule has 0 saturated carbocycles. The molecule has 1 fully saturated rings. The van der Waals surface area contributed by atoms with Crippen LogP contribution in [0.4, 0.5) is 4.79 Å². The van der Waals surface area contributed by atoms with Crippen LogP contribution >= 0.6 is 0 Å². The molecule has 1 heterocycles. The van der Waals surface area contributed by atoms with Crippen LogP contribution in [-0.4, -0.2) is 46.9 Å². The monoisotopic (exact) mass is 390 g/mol. The minimum Gasteiger partial charge on any atom is -0.445 e. The van der Waals surface area contributed by atoms with Crippen molar-refractivity contribution in [3.63, 3.8) is 0 Å². The standard InChI is InChI=1S/C20H26N2O6/c1-2-3-4-8-13-21(20(26)27-15-16-9-6-5-7-10-16)14-19(25)28-22-17(23)11-12-18(22)24/h5-7,9-10H,2-4,8,11-15H2,1H3. The second-order valence-corrected chi connectivity index (χ2v) is 6.57. The number of nitrogens with zero attached hydrogens (tertiary/aromatic N) is 2. The van der Waals surface area contributed by atoms with E-state index >= 15 is 0 Å². The number of unbranched alkanes of at least 4 members (excludes halogenated alkanes) is 3. The molecule has 1 saturated heterocycles. The van der Waals surface area contributed by atoms with Crippen molar-refractivity contribution in [1.82, 2.24) is 9.96 Å². The van der Waals surface area contributed by atoms with Gasteiger partial charge in [-0.2, -0.15) is 0 Å². The van der Waals surface area contributed by atoms with Crippen molar-refractivity contribution in [1.29, 1.82) is 0 Å². The second kappa shape index (κ2) is 11.1. The van der Waals surface area contributed by atoms with Gasteiger partial charge in [0.15, 0.2) is 0 Å². The first-order valence-electron chi connectivity index (χ1n) is 9.53. The van der Waals surface area contributed by atoms with Crippen LogP contribution in [0.1, 0.15) is 51.0 Å². The Labute approximate surface area is 164 Å². The van der Waals surface area contributed by atoms with E-state index in [1.165, 1.54) is 4.90 Å². The number of imide groups is 1. The average molecular weight is 390 g/mol. The molecule has 0 radical (unpaired) electrons. The van der Waals surface area contributed by atoms with Gasteiger partial charge < -0.3 is 9.57 Å². The lowest BCUT2D eigenvalue weighted by Crippen LogP contribution is -2.41. The summed E-state index contributed by atoms with van der Waals surface area (Å²) in [7, 11) is 0. The summed E-state index contributed by atoms with van der Waals surface area (Å²) in [6.45, 7) is 2.10. The van der Waals surface area contributed by atoms with Gasteiger partial charge in [-0.25, -0.2) is 9.59 Å². The van der Waals surface area contributed by atoms with Gasteiger partial charge in [0.25, 0.3) is 11.8 Å². The van der Waals surface area contributed by atoms with Crippen molar-refractivity contribution in [2.24, 2.45) is 0 Å². The fraction of sp³-hybridized carbons (Fsp3) is 0.500. The third-order valence-electron chi connectivity index (χ3n) is 4.26. The largest absolute Gasteiger partial charge is 0.445 e. The van der Waals surface area contributed by atoms with Gasteiger partial charge in [-0.1, -0.05) is 56.5 Å². The number of benzene rings is 1. The number of rotatable bonds is 10. The molecule has 0 unspecified atom stereocenters. The Balaban J connectivity index is 1.91. The fourth-order valence-electron chi connectivity index (χ4n) is 2.72. The molecule has 152 valence electrons. The molecule has 0 spiro atoms. The SMILES string of the molecule is CCCCCCN(CC(=O)ON1C(=O)CCC1=O)C(=O)OCc1ccccc1. The van der Waals surface area contributed by atoms with Crippen LogP contribution in [0.3, 0.4) is 0 Å². The van der Waals surface area contributed by atoms with Crippen molar-refractivity contribution in [2.45, 2.75) is 52.1 Å². The molecule has 0 N–H and O–H groups in total. The summed E-state index contributed by atoms with van der Waals surface area (Å²) in [5.41, 5.74) is 0.831. The maximum atomic E-state index is 12.4. The average Bonchev–Trinajstić information content (AvgIpc) is 3.01. The molecule has 1 aliphatic heterocycles. The molecule has 1 aromatic carbocycles. The van der Waals surface area contributed by atoms with Gasteiger partial charge in [-0.15, -0.1) is 5.06 Å². The molecule has 3 amide bonds. The van der Waals surface area contributed by atoms with E-state index < -0.39 is 30.4 Å². The zero-order chi connectivity index (χ0) is 20.4. The summed E-state index contributed by atoms with van der Waals surface area (Å²) >= 11 is 0. The van der Waals surface area contributed by atoms with Crippen molar-refractivity contribution >= 4 is 23.9 Å². The number of hydroxylamine groups is 2. The zero-order valence-electron chi connectivity index (χ0n) is 16.1. The van der Waals surface area contributed by atoms with Crippen molar-refractivity contribution < 1.29 is 28.8 Å². The first kappa shape index (κ1) is 21.4. The van der Waals surface area contributed by atoms with E-state index in [0.717, 1.165) is 24.8 Å². The van der Waals surface area contributed by atoms with Gasteiger partial charge in [-0.05, 0) is 12.0 Å². The van der Waals surface area contributed by atoms with E-state index in [-0.39, 0.29) is 19.4 Å². The van der Waals surface area contributed by atoms with Crippen LogP contribution < -0.4 is 0 Å². The molecule has 0 bridgehead atoms. The molecular formula is C20H26N2O6. The second-order valence-electron chi connectivity index (χ2n) is 6.57. The smallest absolute Gasteiger partial charge is 0.410 e. The summed E-state index contributed by atoms with van der Waals surface area (Å²) in [5, 5.41) is 0.479. The van der Waals surface area contributed by atoms with E-state index in [1.54, 1.807) is 0 Å². The Kier molecular flexibility index (Phi) is 8.45. The molecule has 0 aromatic heterocycles. The minimum atomic E-state index is -0.851. The lowest BCUT2D eigenvalue weighted by molar-refractivity contribution is -0.197. The van der Waals surface area contributed by atoms with Crippen molar-refractivity contribution in [3.05, 3.63) is 35.9 Å². The van der Waals surface area contributed by atoms with Crippen LogP contribution in [0, 0.1) is 0 Å². The van der Waals surface area contributed by atoms with E-state index in [4.69, 9.17) is 9.57 Å². The molecular weight excluding hydrogens is 364 g/mol. The first-order chi connectivity index (χ1) is 13.5. The van der Waals surface area contributed by atoms with Gasteiger partial charge in [-0.3, -0.25) is 14.5 Å². The number of carbonyl (C=O) groups excluding carboxylic acids is 4. The van der Waals surface area contributed by atoms with Crippen LogP contribution in [0.15, 0.2) is 30.3 Å². The highest BCUT2D eigenvalue weighted by atomic mass is 16.7. The number of carbonyl (C=O) groups is 4. The van der Waals surface area contributed by atoms with E-state index in [0.29, 0.717) is 18.0 Å². The third-order valence-corrected chi connectivity index (χ3v) is 4.26. The third kappa shape index (κ3) is 6.68. The Morgan fingerprint density at radius 2 is 1.71 bits per heavy atom. The number of ether oxygens (including phenoxy) is 1. The van der Waals surface area contributed by atoms with Crippen molar-refractivity contribution in [3.8, 4) is 0 Å². The van der Waals surface area contributed by atoms with Gasteiger partial charge >= 0.3 is 12.1 Å². The van der Waals surface area contributed by atoms with Crippen LogP contribution in [0.5, 0.6) is 0 Å². The fourth-order valence-corrected chi connectivity index (χ4v) is 2.72. The molecule has 0 aliphatic carbocycles. The topological polar surface area (TPSA) is 93.2 Å². The van der Waals surface area contributed by atoms with Gasteiger partial charge in [0, 0.05) is 19.4 Å². The zero-order valence-corrected chi connectivity index (χ0v) is 16.1. The summed E-state index contributed by atoms with van der Waals surface area (Å²) in [6.07, 6.45) is 3.09. The van der Waals surface area contributed by atoms with Gasteiger partial charge in [0.05, 0.1) is 0 Å². The maximum absolute atomic E-state index is 12.4. The Morgan fingerprint density at radius 1 is 1.04 bits per heavy atom. The number of hydrogen-bond donors (Lipinski definition) is 0. The maximum Gasteiger partial charge on any atom is 0.410 e. The summed E-state index contributed by atoms with van der Waals surface area (Å²) < 4.78 is 5.29. The van der Waals surface area contributed by atoms with Gasteiger partial charge in [0.1, 0.15) is 13.2 Å². The summed E-state index contributed by atoms with van der Waals surface area (Å²) in [6, 6.07) is 9.21. The predicted molar refractivity (Wildman–Crippen MR) is 99.5 cm³/mol. The summed E-state index contributed by atoms with van der Waals surface area (Å²) in [4.78, 5) is 53.8. The molecule has 2 rings (SSSR count). The lowest BCUT2D eigenvalue weighted by atomic mass is 10.2. The van der Waals surface area contributed by atoms with Crippen LogP contribution in [-0.2, 0) is 30.6 Å². The first-order valence-corrected chi connectivity index (χ1v) is 9.53. The van der Waals surface area contributed by atoms with Crippen LogP contribution in [0.2, 0.25) is 0 Å². The van der Waals surface area contributed by atoms with E-state index in [1.807, 2.05) is 30.3 Å². The molecule has 0 atom stereocenters. The molecule has 28 heavy (non-hydrogen) atoms. The number of amides is 3. The van der Waals surface area contributed by atoms with E-state index in [9.17, 15) is 19.2 Å². The Hall–Kier alpha value is -2.90. The highest BCUT2D eigenvalue weighted by Crippen LogP contribution is 2.13. The summed E-state index contributed by atoms with van der Waals surface area (Å²) in [5.74, 6) is -1.96. The molecule has 1 aliphatic rings. The lowest BCUT2D eigenvalue weighted by Gasteiger charge is -2.22. The van der Waals surface area contributed by atoms with Crippen LogP contribution in [0.25, 0.3) is 0 Å². The highest BCUT2D eigenvalue weighted by molar-refractivity contribution is 6.01. The normalized spacial score (nSPS) is 13.5.